The zero-order valence-corrected chi connectivity index (χ0v) is 7.03. The lowest BCUT2D eigenvalue weighted by Gasteiger charge is -1.99. The number of ether oxygens (including phenoxy) is 1. The second-order valence-corrected chi connectivity index (χ2v) is 2.60. The van der Waals surface area contributed by atoms with Crippen molar-refractivity contribution in [1.29, 1.82) is 0 Å². The highest BCUT2D eigenvalue weighted by molar-refractivity contribution is 5.81. The number of para-hydroxylation sites is 1. The highest BCUT2D eigenvalue weighted by atomic mass is 16.5. The summed E-state index contributed by atoms with van der Waals surface area (Å²) in [5, 5.41) is 0. The Balaban J connectivity index is 2.81. The molecule has 0 aliphatic heterocycles. The molecule has 1 aromatic carbocycles. The molecule has 0 saturated heterocycles. The number of hydrogen-bond acceptors (Lipinski definition) is 2. The molecule has 0 aliphatic carbocycles. The van der Waals surface area contributed by atoms with Crippen LogP contribution in [0.2, 0.25) is 0 Å². The number of methoxy groups -OCH3 is 1. The lowest BCUT2D eigenvalue weighted by atomic mass is 10.3. The molecule has 2 rings (SSSR count). The van der Waals surface area contributed by atoms with Crippen molar-refractivity contribution in [3.8, 4) is 5.75 Å². The summed E-state index contributed by atoms with van der Waals surface area (Å²) in [5.41, 5.74) is 1.90. The Morgan fingerprint density at radius 3 is 3.08 bits per heavy atom. The molecule has 0 saturated carbocycles. The van der Waals surface area contributed by atoms with E-state index in [4.69, 9.17) is 4.74 Å². The van der Waals surface area contributed by atoms with Gasteiger partial charge in [-0.05, 0) is 12.1 Å². The molecule has 3 nitrogen and oxygen atoms in total. The summed E-state index contributed by atoms with van der Waals surface area (Å²) in [6.07, 6.45) is 2.84. The highest BCUT2D eigenvalue weighted by Crippen LogP contribution is 2.22. The first-order chi connectivity index (χ1) is 5.83. The van der Waals surface area contributed by atoms with Crippen LogP contribution in [-0.4, -0.2) is 16.7 Å². The van der Waals surface area contributed by atoms with Crippen LogP contribution in [0.1, 0.15) is 0 Å². The molecular formula is C9H9N2O. The van der Waals surface area contributed by atoms with Gasteiger partial charge >= 0.3 is 0 Å². The Kier molecular flexibility index (Phi) is 1.50. The Labute approximate surface area is 70.6 Å². The van der Waals surface area contributed by atoms with Crippen molar-refractivity contribution in [2.45, 2.75) is 0 Å². The normalized spacial score (nSPS) is 10.5. The third-order valence-corrected chi connectivity index (χ3v) is 1.87. The number of fused-ring (bicyclic) bond motifs is 1. The quantitative estimate of drug-likeness (QED) is 0.631. The summed E-state index contributed by atoms with van der Waals surface area (Å²) in [6.45, 7) is 0. The fourth-order valence-electron chi connectivity index (χ4n) is 1.24. The topological polar surface area (TPSA) is 27.1 Å². The van der Waals surface area contributed by atoms with Crippen LogP contribution in [0.3, 0.4) is 0 Å². The number of aromatic nitrogens is 2. The third kappa shape index (κ3) is 0.863. The van der Waals surface area contributed by atoms with Crippen LogP contribution in [0.5, 0.6) is 5.75 Å². The minimum atomic E-state index is 0.796. The van der Waals surface area contributed by atoms with E-state index in [0.29, 0.717) is 0 Å². The highest BCUT2D eigenvalue weighted by Gasteiger charge is 2.04. The maximum Gasteiger partial charge on any atom is 0.177 e. The van der Waals surface area contributed by atoms with E-state index in [2.05, 4.69) is 11.3 Å². The first kappa shape index (κ1) is 7.16. The van der Waals surface area contributed by atoms with E-state index in [1.807, 2.05) is 29.8 Å². The number of nitrogens with zero attached hydrogens (tertiary/aromatic N) is 2. The lowest BCUT2D eigenvalue weighted by molar-refractivity contribution is 0.419. The fraction of sp³-hybridized carbons (Fsp3) is 0.222. The van der Waals surface area contributed by atoms with Crippen LogP contribution in [0, 0.1) is 6.33 Å². The van der Waals surface area contributed by atoms with Crippen LogP contribution in [0.25, 0.3) is 11.0 Å². The number of benzene rings is 1. The van der Waals surface area contributed by atoms with E-state index < -0.39 is 0 Å². The van der Waals surface area contributed by atoms with Gasteiger partial charge in [-0.15, -0.1) is 0 Å². The van der Waals surface area contributed by atoms with E-state index in [9.17, 15) is 0 Å². The molecule has 0 atom stereocenters. The summed E-state index contributed by atoms with van der Waals surface area (Å²) >= 11 is 0. The zero-order chi connectivity index (χ0) is 8.55. The van der Waals surface area contributed by atoms with Crippen molar-refractivity contribution in [2.24, 2.45) is 7.05 Å². The van der Waals surface area contributed by atoms with Crippen LogP contribution in [-0.2, 0) is 7.05 Å². The summed E-state index contributed by atoms with van der Waals surface area (Å²) in [7, 11) is 3.55. The molecule has 0 N–H and O–H groups in total. The number of aryl methyl sites for hydroxylation is 1. The molecule has 0 fully saturated rings. The zero-order valence-electron chi connectivity index (χ0n) is 7.03. The number of hydrogen-bond donors (Lipinski definition) is 0. The van der Waals surface area contributed by atoms with Gasteiger partial charge < -0.3 is 9.30 Å². The maximum absolute atomic E-state index is 5.14. The van der Waals surface area contributed by atoms with E-state index in [1.165, 1.54) is 0 Å². The summed E-state index contributed by atoms with van der Waals surface area (Å²) in [5.74, 6) is 0.796. The van der Waals surface area contributed by atoms with E-state index in [1.54, 1.807) is 7.11 Å². The molecule has 1 heterocycles. The predicted molar refractivity (Wildman–Crippen MR) is 46.1 cm³/mol. The average molecular weight is 161 g/mol. The predicted octanol–water partition coefficient (Wildman–Crippen LogP) is 1.38. The van der Waals surface area contributed by atoms with E-state index in [-0.39, 0.29) is 0 Å². The van der Waals surface area contributed by atoms with Crippen molar-refractivity contribution >= 4 is 11.0 Å². The minimum absolute atomic E-state index is 0.796. The van der Waals surface area contributed by atoms with Crippen LogP contribution >= 0.6 is 0 Å². The second kappa shape index (κ2) is 2.52. The van der Waals surface area contributed by atoms with Gasteiger partial charge in [0.2, 0.25) is 0 Å². The van der Waals surface area contributed by atoms with Gasteiger partial charge in [-0.25, -0.2) is 4.98 Å². The molecule has 2 aromatic rings. The van der Waals surface area contributed by atoms with Crippen LogP contribution in [0.15, 0.2) is 18.2 Å². The Bertz CT molecular complexity index is 406. The lowest BCUT2D eigenvalue weighted by Crippen LogP contribution is -1.86. The van der Waals surface area contributed by atoms with Gasteiger partial charge in [-0.3, -0.25) is 0 Å². The minimum Gasteiger partial charge on any atom is -0.494 e. The van der Waals surface area contributed by atoms with E-state index in [0.717, 1.165) is 16.8 Å². The number of imidazole rings is 1. The van der Waals surface area contributed by atoms with Crippen LogP contribution in [0.4, 0.5) is 0 Å². The van der Waals surface area contributed by atoms with E-state index >= 15 is 0 Å². The smallest absolute Gasteiger partial charge is 0.177 e. The van der Waals surface area contributed by atoms with Gasteiger partial charge in [0.1, 0.15) is 11.3 Å². The summed E-state index contributed by atoms with van der Waals surface area (Å²) in [4.78, 5) is 4.10. The number of rotatable bonds is 1. The van der Waals surface area contributed by atoms with Crippen molar-refractivity contribution in [2.75, 3.05) is 7.11 Å². The van der Waals surface area contributed by atoms with Gasteiger partial charge in [-0.2, -0.15) is 0 Å². The molecule has 1 aromatic heterocycles. The van der Waals surface area contributed by atoms with Gasteiger partial charge in [0.15, 0.2) is 6.33 Å². The van der Waals surface area contributed by atoms with Crippen molar-refractivity contribution < 1.29 is 4.74 Å². The fourth-order valence-corrected chi connectivity index (χ4v) is 1.24. The molecule has 0 bridgehead atoms. The Morgan fingerprint density at radius 2 is 2.33 bits per heavy atom. The molecule has 0 aliphatic rings. The molecule has 0 spiro atoms. The van der Waals surface area contributed by atoms with Gasteiger partial charge in [0.05, 0.1) is 12.6 Å². The van der Waals surface area contributed by atoms with Gasteiger partial charge in [0.25, 0.3) is 0 Å². The molecule has 12 heavy (non-hydrogen) atoms. The first-order valence-electron chi connectivity index (χ1n) is 3.70. The van der Waals surface area contributed by atoms with Gasteiger partial charge in [0, 0.05) is 7.05 Å². The molecular weight excluding hydrogens is 152 g/mol. The molecule has 3 heteroatoms. The molecule has 61 valence electrons. The second-order valence-electron chi connectivity index (χ2n) is 2.60. The summed E-state index contributed by atoms with van der Waals surface area (Å²) < 4.78 is 6.99. The van der Waals surface area contributed by atoms with Crippen LogP contribution < -0.4 is 4.74 Å². The Hall–Kier alpha value is -1.51. The van der Waals surface area contributed by atoms with Crippen molar-refractivity contribution in [3.05, 3.63) is 24.5 Å². The maximum atomic E-state index is 5.14. The molecule has 0 amide bonds. The standard InChI is InChI=1S/C9H9N2O/c1-11-6-10-9-7(11)4-3-5-8(9)12-2/h3-5H,1-2H3. The SMILES string of the molecule is COc1cccc2c1n[c]n2C. The Morgan fingerprint density at radius 1 is 1.50 bits per heavy atom. The molecule has 1 radical (unpaired) electrons. The monoisotopic (exact) mass is 161 g/mol. The van der Waals surface area contributed by atoms with Crippen molar-refractivity contribution in [3.63, 3.8) is 0 Å². The summed E-state index contributed by atoms with van der Waals surface area (Å²) in [6, 6.07) is 5.82. The van der Waals surface area contributed by atoms with Crippen molar-refractivity contribution in [1.82, 2.24) is 9.55 Å². The third-order valence-electron chi connectivity index (χ3n) is 1.87. The average Bonchev–Trinajstić information content (AvgIpc) is 2.48. The first-order valence-corrected chi connectivity index (χ1v) is 3.70. The molecule has 0 unspecified atom stereocenters. The van der Waals surface area contributed by atoms with Gasteiger partial charge in [-0.1, -0.05) is 6.07 Å². The largest absolute Gasteiger partial charge is 0.494 e.